The summed E-state index contributed by atoms with van der Waals surface area (Å²) in [5.74, 6) is 0.636. The van der Waals surface area contributed by atoms with E-state index in [0.717, 1.165) is 6.42 Å². The molecule has 0 aromatic rings. The highest BCUT2D eigenvalue weighted by Crippen LogP contribution is 2.33. The molecule has 0 bridgehead atoms. The first-order valence-corrected chi connectivity index (χ1v) is 7.97. The van der Waals surface area contributed by atoms with Crippen LogP contribution in [0.1, 0.15) is 46.0 Å². The molecule has 2 aliphatic rings. The van der Waals surface area contributed by atoms with E-state index >= 15 is 0 Å². The van der Waals surface area contributed by atoms with Gasteiger partial charge in [0.2, 0.25) is 11.8 Å². The number of carbonyl (C=O) groups excluding carboxylic acids is 2. The number of hydrogen-bond donors (Lipinski definition) is 2. The van der Waals surface area contributed by atoms with E-state index in [9.17, 15) is 9.59 Å². The van der Waals surface area contributed by atoms with Crippen LogP contribution in [0.15, 0.2) is 0 Å². The Kier molecular flexibility index (Phi) is 5.40. The average Bonchev–Trinajstić information content (AvgIpc) is 2.90. The van der Waals surface area contributed by atoms with Gasteiger partial charge in [-0.3, -0.25) is 9.59 Å². The van der Waals surface area contributed by atoms with Crippen LogP contribution in [-0.2, 0) is 9.59 Å². The molecule has 2 N–H and O–H groups in total. The highest BCUT2D eigenvalue weighted by Gasteiger charge is 2.38. The van der Waals surface area contributed by atoms with Gasteiger partial charge in [-0.2, -0.15) is 0 Å². The summed E-state index contributed by atoms with van der Waals surface area (Å²) < 4.78 is 0. The van der Waals surface area contributed by atoms with Crippen LogP contribution in [0, 0.1) is 5.92 Å². The molecule has 0 aromatic heterocycles. The number of amides is 2. The topological polar surface area (TPSA) is 61.4 Å². The SMILES string of the molecule is CCN(CC)C(=O)CNC(=O)C1CC2CCCCC2N1. The second-order valence-electron chi connectivity index (χ2n) is 5.89. The number of likely N-dealkylation sites (N-methyl/N-ethyl adjacent to an activating group) is 1. The molecule has 2 rings (SSSR count). The second kappa shape index (κ2) is 7.07. The van der Waals surface area contributed by atoms with Crippen molar-refractivity contribution in [3.8, 4) is 0 Å². The summed E-state index contributed by atoms with van der Waals surface area (Å²) in [7, 11) is 0. The molecule has 3 unspecified atom stereocenters. The van der Waals surface area contributed by atoms with Crippen LogP contribution in [0.4, 0.5) is 0 Å². The van der Waals surface area contributed by atoms with Crippen molar-refractivity contribution in [2.45, 2.75) is 58.0 Å². The van der Waals surface area contributed by atoms with Crippen LogP contribution in [0.5, 0.6) is 0 Å². The molecule has 20 heavy (non-hydrogen) atoms. The van der Waals surface area contributed by atoms with E-state index in [-0.39, 0.29) is 24.4 Å². The first-order chi connectivity index (χ1) is 9.65. The van der Waals surface area contributed by atoms with Gasteiger partial charge in [0.25, 0.3) is 0 Å². The third kappa shape index (κ3) is 3.51. The predicted octanol–water partition coefficient (Wildman–Crippen LogP) is 0.892. The predicted molar refractivity (Wildman–Crippen MR) is 78.2 cm³/mol. The first kappa shape index (κ1) is 15.3. The molecule has 3 atom stereocenters. The van der Waals surface area contributed by atoms with Crippen molar-refractivity contribution in [1.29, 1.82) is 0 Å². The van der Waals surface area contributed by atoms with Crippen LogP contribution in [0.2, 0.25) is 0 Å². The monoisotopic (exact) mass is 281 g/mol. The number of nitrogens with zero attached hydrogens (tertiary/aromatic N) is 1. The first-order valence-electron chi connectivity index (χ1n) is 7.97. The number of rotatable bonds is 5. The molecule has 114 valence electrons. The van der Waals surface area contributed by atoms with Gasteiger partial charge in [-0.1, -0.05) is 12.8 Å². The normalized spacial score (nSPS) is 28.8. The second-order valence-corrected chi connectivity index (χ2v) is 5.89. The summed E-state index contributed by atoms with van der Waals surface area (Å²) in [5.41, 5.74) is 0. The zero-order valence-corrected chi connectivity index (χ0v) is 12.7. The Labute approximate surface area is 121 Å². The number of carbonyl (C=O) groups is 2. The molecular weight excluding hydrogens is 254 g/mol. The molecule has 1 aliphatic heterocycles. The summed E-state index contributed by atoms with van der Waals surface area (Å²) in [6, 6.07) is 0.408. The van der Waals surface area contributed by atoms with Gasteiger partial charge in [0, 0.05) is 19.1 Å². The van der Waals surface area contributed by atoms with E-state index in [1.54, 1.807) is 4.90 Å². The van der Waals surface area contributed by atoms with Crippen molar-refractivity contribution in [2.24, 2.45) is 5.92 Å². The summed E-state index contributed by atoms with van der Waals surface area (Å²) >= 11 is 0. The maximum absolute atomic E-state index is 12.1. The lowest BCUT2D eigenvalue weighted by Crippen LogP contribution is -2.47. The largest absolute Gasteiger partial charge is 0.346 e. The Bertz CT molecular complexity index is 341. The Morgan fingerprint density at radius 3 is 2.55 bits per heavy atom. The molecule has 0 spiro atoms. The van der Waals surface area contributed by atoms with E-state index < -0.39 is 0 Å². The maximum atomic E-state index is 12.1. The Balaban J connectivity index is 1.76. The Hall–Kier alpha value is -1.10. The van der Waals surface area contributed by atoms with Crippen molar-refractivity contribution in [2.75, 3.05) is 19.6 Å². The molecule has 0 aromatic carbocycles. The molecule has 1 heterocycles. The average molecular weight is 281 g/mol. The van der Waals surface area contributed by atoms with Crippen molar-refractivity contribution in [3.63, 3.8) is 0 Å². The summed E-state index contributed by atoms with van der Waals surface area (Å²) in [6.07, 6.45) is 5.91. The summed E-state index contributed by atoms with van der Waals surface area (Å²) in [5, 5.41) is 6.23. The highest BCUT2D eigenvalue weighted by atomic mass is 16.2. The Morgan fingerprint density at radius 1 is 1.20 bits per heavy atom. The third-order valence-electron chi connectivity index (χ3n) is 4.71. The zero-order chi connectivity index (χ0) is 14.5. The number of fused-ring (bicyclic) bond motifs is 1. The molecule has 0 radical (unpaired) electrons. The van der Waals surface area contributed by atoms with E-state index in [4.69, 9.17) is 0 Å². The minimum atomic E-state index is -0.104. The smallest absolute Gasteiger partial charge is 0.241 e. The van der Waals surface area contributed by atoms with E-state index in [1.165, 1.54) is 25.7 Å². The molecule has 5 heteroatoms. The van der Waals surface area contributed by atoms with Crippen molar-refractivity contribution in [1.82, 2.24) is 15.5 Å². The quantitative estimate of drug-likeness (QED) is 0.787. The van der Waals surface area contributed by atoms with Crippen LogP contribution in [0.25, 0.3) is 0 Å². The summed E-state index contributed by atoms with van der Waals surface area (Å²) in [4.78, 5) is 25.8. The number of hydrogen-bond acceptors (Lipinski definition) is 3. The molecule has 1 aliphatic carbocycles. The van der Waals surface area contributed by atoms with Gasteiger partial charge in [0.05, 0.1) is 12.6 Å². The third-order valence-corrected chi connectivity index (χ3v) is 4.71. The lowest BCUT2D eigenvalue weighted by molar-refractivity contribution is -0.133. The Morgan fingerprint density at radius 2 is 1.90 bits per heavy atom. The van der Waals surface area contributed by atoms with Gasteiger partial charge in [0.1, 0.15) is 0 Å². The van der Waals surface area contributed by atoms with Gasteiger partial charge in [-0.15, -0.1) is 0 Å². The zero-order valence-electron chi connectivity index (χ0n) is 12.7. The van der Waals surface area contributed by atoms with Crippen LogP contribution in [-0.4, -0.2) is 48.4 Å². The minimum Gasteiger partial charge on any atom is -0.346 e. The van der Waals surface area contributed by atoms with Crippen molar-refractivity contribution in [3.05, 3.63) is 0 Å². The minimum absolute atomic E-state index is 0.00115. The van der Waals surface area contributed by atoms with Crippen molar-refractivity contribution >= 4 is 11.8 Å². The highest BCUT2D eigenvalue weighted by molar-refractivity contribution is 5.87. The van der Waals surface area contributed by atoms with E-state index in [2.05, 4.69) is 10.6 Å². The lowest BCUT2D eigenvalue weighted by Gasteiger charge is -2.24. The molecule has 2 fully saturated rings. The van der Waals surface area contributed by atoms with Crippen molar-refractivity contribution < 1.29 is 9.59 Å². The standard InChI is InChI=1S/C15H27N3O2/c1-3-18(4-2)14(19)10-16-15(20)13-9-11-7-5-6-8-12(11)17-13/h11-13,17H,3-10H2,1-2H3,(H,16,20). The summed E-state index contributed by atoms with van der Waals surface area (Å²) in [6.45, 7) is 5.40. The van der Waals surface area contributed by atoms with E-state index in [0.29, 0.717) is 25.0 Å². The van der Waals surface area contributed by atoms with Gasteiger partial charge >= 0.3 is 0 Å². The maximum Gasteiger partial charge on any atom is 0.241 e. The van der Waals surface area contributed by atoms with Crippen LogP contribution in [0.3, 0.4) is 0 Å². The molecular formula is C15H27N3O2. The van der Waals surface area contributed by atoms with Crippen LogP contribution >= 0.6 is 0 Å². The van der Waals surface area contributed by atoms with E-state index in [1.807, 2.05) is 13.8 Å². The van der Waals surface area contributed by atoms with Gasteiger partial charge in [-0.25, -0.2) is 0 Å². The fourth-order valence-corrected chi connectivity index (χ4v) is 3.50. The van der Waals surface area contributed by atoms with Gasteiger partial charge < -0.3 is 15.5 Å². The molecule has 1 saturated carbocycles. The fourth-order valence-electron chi connectivity index (χ4n) is 3.50. The fraction of sp³-hybridized carbons (Fsp3) is 0.867. The molecule has 1 saturated heterocycles. The molecule has 2 amide bonds. The van der Waals surface area contributed by atoms with Gasteiger partial charge in [0.15, 0.2) is 0 Å². The van der Waals surface area contributed by atoms with Crippen LogP contribution < -0.4 is 10.6 Å². The number of nitrogens with one attached hydrogen (secondary N) is 2. The molecule has 5 nitrogen and oxygen atoms in total. The van der Waals surface area contributed by atoms with Gasteiger partial charge in [-0.05, 0) is 39.0 Å². The lowest BCUT2D eigenvalue weighted by atomic mass is 9.85.